The van der Waals surface area contributed by atoms with Gasteiger partial charge in [-0.2, -0.15) is 0 Å². The number of H-pyrrole nitrogens is 1. The molecule has 2 aromatic carbocycles. The van der Waals surface area contributed by atoms with E-state index < -0.39 is 23.7 Å². The first-order valence-electron chi connectivity index (χ1n) is 14.2. The van der Waals surface area contributed by atoms with Gasteiger partial charge in [-0.25, -0.2) is 4.79 Å². The Bertz CT molecular complexity index is 1410. The number of para-hydroxylation sites is 1. The van der Waals surface area contributed by atoms with Crippen molar-refractivity contribution in [3.05, 3.63) is 65.9 Å². The smallest absolute Gasteiger partial charge is 0.319 e. The number of nitrogens with one attached hydrogen (secondary N) is 3. The van der Waals surface area contributed by atoms with E-state index in [-0.39, 0.29) is 31.0 Å². The van der Waals surface area contributed by atoms with Crippen LogP contribution in [0.2, 0.25) is 0 Å². The molecule has 1 aliphatic rings. The van der Waals surface area contributed by atoms with Crippen LogP contribution >= 0.6 is 0 Å². The van der Waals surface area contributed by atoms with Gasteiger partial charge in [0.15, 0.2) is 0 Å². The van der Waals surface area contributed by atoms with E-state index >= 15 is 0 Å². The highest BCUT2D eigenvalue weighted by Gasteiger charge is 2.30. The number of rotatable bonds is 10. The number of fused-ring (bicyclic) bond motifs is 1. The Morgan fingerprint density at radius 1 is 0.860 bits per heavy atom. The number of carboxylic acids is 1. The van der Waals surface area contributed by atoms with Crippen LogP contribution in [0.3, 0.4) is 0 Å². The van der Waals surface area contributed by atoms with Gasteiger partial charge in [0.25, 0.3) is 17.6 Å². The van der Waals surface area contributed by atoms with Crippen molar-refractivity contribution in [2.75, 3.05) is 38.0 Å². The lowest BCUT2D eigenvalue weighted by Crippen LogP contribution is -2.52. The zero-order chi connectivity index (χ0) is 31.8. The van der Waals surface area contributed by atoms with Crippen molar-refractivity contribution in [2.45, 2.75) is 39.5 Å². The number of carbonyl (C=O) groups excluding carboxylic acids is 4. The molecule has 0 spiro atoms. The lowest BCUT2D eigenvalue weighted by atomic mass is 10.1. The van der Waals surface area contributed by atoms with Crippen LogP contribution in [0.25, 0.3) is 10.9 Å². The van der Waals surface area contributed by atoms with E-state index in [1.807, 2.05) is 19.9 Å². The molecule has 0 bridgehead atoms. The number of aromatic nitrogens is 1. The highest BCUT2D eigenvalue weighted by atomic mass is 16.4. The minimum Gasteiger partial charge on any atom is -0.481 e. The summed E-state index contributed by atoms with van der Waals surface area (Å²) in [6.07, 6.45) is 11.5. The van der Waals surface area contributed by atoms with Crippen LogP contribution in [0, 0.1) is 12.8 Å². The topological polar surface area (TPSA) is 152 Å². The number of aromatic amines is 1. The fourth-order valence-electron chi connectivity index (χ4n) is 4.53. The largest absolute Gasteiger partial charge is 0.481 e. The predicted molar refractivity (Wildman–Crippen MR) is 166 cm³/mol. The predicted octanol–water partition coefficient (Wildman–Crippen LogP) is 4.38. The van der Waals surface area contributed by atoms with Crippen LogP contribution in [0.1, 0.15) is 60.2 Å². The summed E-state index contributed by atoms with van der Waals surface area (Å²) >= 11 is 0. The van der Waals surface area contributed by atoms with Gasteiger partial charge >= 0.3 is 12.0 Å². The molecule has 1 aliphatic heterocycles. The number of unbranched alkanes of at least 4 members (excludes halogenated alkanes) is 2. The first-order valence-corrected chi connectivity index (χ1v) is 14.2. The lowest BCUT2D eigenvalue weighted by Gasteiger charge is -2.34. The number of hydrogen-bond acceptors (Lipinski definition) is 5. The van der Waals surface area contributed by atoms with Crippen LogP contribution in [0.5, 0.6) is 0 Å². The second-order valence-corrected chi connectivity index (χ2v) is 9.30. The fraction of sp³-hybridized carbons (Fsp3) is 0.344. The Kier molecular flexibility index (Phi) is 14.0. The van der Waals surface area contributed by atoms with Gasteiger partial charge in [-0.3, -0.25) is 19.2 Å². The number of ketones is 1. The van der Waals surface area contributed by atoms with Crippen LogP contribution < -0.4 is 10.6 Å². The number of nitrogens with zero attached hydrogens (tertiary/aromatic N) is 2. The van der Waals surface area contributed by atoms with Gasteiger partial charge < -0.3 is 30.5 Å². The zero-order valence-electron chi connectivity index (χ0n) is 24.6. The molecule has 0 radical (unpaired) electrons. The van der Waals surface area contributed by atoms with Crippen molar-refractivity contribution >= 4 is 46.2 Å². The summed E-state index contributed by atoms with van der Waals surface area (Å²) in [5, 5.41) is 14.7. The molecule has 4 amide bonds. The van der Waals surface area contributed by atoms with Crippen LogP contribution in [0.4, 0.5) is 10.5 Å². The van der Waals surface area contributed by atoms with E-state index in [9.17, 15) is 24.0 Å². The van der Waals surface area contributed by atoms with Gasteiger partial charge in [0.05, 0.1) is 16.8 Å². The molecular weight excluding hydrogens is 550 g/mol. The van der Waals surface area contributed by atoms with Crippen LogP contribution in [0.15, 0.2) is 54.7 Å². The summed E-state index contributed by atoms with van der Waals surface area (Å²) in [4.78, 5) is 67.8. The summed E-state index contributed by atoms with van der Waals surface area (Å²) in [5.74, 6) is -2.24. The number of urea groups is 1. The van der Waals surface area contributed by atoms with Crippen molar-refractivity contribution in [1.82, 2.24) is 20.1 Å². The fourth-order valence-corrected chi connectivity index (χ4v) is 4.53. The summed E-state index contributed by atoms with van der Waals surface area (Å²) < 4.78 is 0. The van der Waals surface area contributed by atoms with Crippen molar-refractivity contribution < 1.29 is 29.1 Å². The third-order valence-corrected chi connectivity index (χ3v) is 6.63. The third-order valence-electron chi connectivity index (χ3n) is 6.63. The average Bonchev–Trinajstić information content (AvgIpc) is 3.49. The van der Waals surface area contributed by atoms with Crippen molar-refractivity contribution in [3.8, 4) is 12.8 Å². The Labute approximate surface area is 251 Å². The second kappa shape index (κ2) is 17.6. The van der Waals surface area contributed by atoms with Crippen molar-refractivity contribution in [2.24, 2.45) is 0 Å². The third kappa shape index (κ3) is 9.46. The number of aliphatic carboxylic acids is 1. The molecule has 3 aromatic rings. The van der Waals surface area contributed by atoms with Crippen LogP contribution in [-0.2, 0) is 9.59 Å². The van der Waals surface area contributed by atoms with Crippen molar-refractivity contribution in [3.63, 3.8) is 0 Å². The Morgan fingerprint density at radius 3 is 2.16 bits per heavy atom. The molecule has 0 unspecified atom stereocenters. The van der Waals surface area contributed by atoms with E-state index in [4.69, 9.17) is 5.11 Å². The molecule has 0 atom stereocenters. The number of hydrogen-bond donors (Lipinski definition) is 4. The quantitative estimate of drug-likeness (QED) is 0.119. The molecule has 4 rings (SSSR count). The van der Waals surface area contributed by atoms with Gasteiger partial charge in [0, 0.05) is 56.3 Å². The maximum absolute atomic E-state index is 13.1. The monoisotopic (exact) mass is 589 g/mol. The van der Waals surface area contributed by atoms with E-state index in [0.717, 1.165) is 0 Å². The van der Waals surface area contributed by atoms with Gasteiger partial charge in [-0.05, 0) is 31.0 Å². The second-order valence-electron chi connectivity index (χ2n) is 9.30. The maximum Gasteiger partial charge on any atom is 0.319 e. The van der Waals surface area contributed by atoms with Crippen LogP contribution in [-0.4, -0.2) is 82.2 Å². The van der Waals surface area contributed by atoms with E-state index in [2.05, 4.69) is 28.5 Å². The van der Waals surface area contributed by atoms with E-state index in [1.165, 1.54) is 11.1 Å². The molecule has 0 saturated carbocycles. The number of carboxylic acid groups (broad SMARTS) is 1. The van der Waals surface area contributed by atoms with E-state index in [0.29, 0.717) is 61.1 Å². The highest BCUT2D eigenvalue weighted by molar-refractivity contribution is 6.45. The number of carbonyl (C=O) groups is 5. The van der Waals surface area contributed by atoms with Gasteiger partial charge in [-0.15, -0.1) is 12.8 Å². The van der Waals surface area contributed by atoms with Gasteiger partial charge in [0.1, 0.15) is 0 Å². The van der Waals surface area contributed by atoms with E-state index in [1.54, 1.807) is 47.4 Å². The molecule has 1 saturated heterocycles. The summed E-state index contributed by atoms with van der Waals surface area (Å²) in [6, 6.07) is 13.6. The molecule has 11 heteroatoms. The zero-order valence-corrected chi connectivity index (χ0v) is 24.6. The standard InChI is InChI=1S/C28H31N5O6.C2H6.C2H2/c34-23(35)12-5-2-6-13-29-28(39)31-22-11-7-10-20-21(18-30-24(20)22)25(36)27(38)33-16-14-32(15-17-33)26(37)19-8-3-1-4-9-19;2*1-2/h1,3-4,7-11,18,30H,2,5-6,12-17H2,(H,34,35)(H2,29,31,39);1-2H3;1-2H. The number of piperazine rings is 1. The minimum absolute atomic E-state index is 0.104. The Balaban J connectivity index is 0.00000155. The average molecular weight is 590 g/mol. The highest BCUT2D eigenvalue weighted by Crippen LogP contribution is 2.26. The molecule has 2 heterocycles. The number of amides is 4. The summed E-state index contributed by atoms with van der Waals surface area (Å²) in [7, 11) is 0. The molecule has 11 nitrogen and oxygen atoms in total. The number of terminal acetylenes is 1. The lowest BCUT2D eigenvalue weighted by molar-refractivity contribution is -0.137. The first kappa shape index (κ1) is 34.1. The molecule has 43 heavy (non-hydrogen) atoms. The molecule has 4 N–H and O–H groups in total. The number of Topliss-reactive ketones (excluding diaryl/α,β-unsaturated/α-hetero) is 1. The summed E-state index contributed by atoms with van der Waals surface area (Å²) in [5.41, 5.74) is 1.76. The molecule has 0 aliphatic carbocycles. The first-order chi connectivity index (χ1) is 20.8. The van der Waals surface area contributed by atoms with Gasteiger partial charge in [0.2, 0.25) is 0 Å². The van der Waals surface area contributed by atoms with Crippen molar-refractivity contribution in [1.29, 1.82) is 0 Å². The van der Waals surface area contributed by atoms with Gasteiger partial charge in [-0.1, -0.05) is 50.6 Å². The molecule has 1 fully saturated rings. The number of benzene rings is 2. The molecular formula is C32H39N5O6. The SMILES string of the molecule is C#C.CC.O=C(O)CCCCCNC(=O)Nc1cccc2c(C(=O)C(=O)N3CCN(C(=O)c4ccccc4)CC3)c[nH]c12. The Hall–Kier alpha value is -5.11. The summed E-state index contributed by atoms with van der Waals surface area (Å²) in [6.45, 7) is 5.59. The minimum atomic E-state index is -0.836. The number of anilines is 1. The normalized spacial score (nSPS) is 12.2. The Morgan fingerprint density at radius 2 is 1.51 bits per heavy atom. The molecule has 1 aromatic heterocycles. The molecule has 228 valence electrons. The maximum atomic E-state index is 13.1.